The van der Waals surface area contributed by atoms with E-state index in [1.807, 2.05) is 42.0 Å². The topological polar surface area (TPSA) is 92.4 Å². The minimum absolute atomic E-state index is 0.143. The summed E-state index contributed by atoms with van der Waals surface area (Å²) in [6, 6.07) is 16.6. The minimum Gasteiger partial charge on any atom is -0.454 e. The largest absolute Gasteiger partial charge is 0.454 e. The van der Waals surface area contributed by atoms with E-state index < -0.39 is 5.82 Å². The Labute approximate surface area is 208 Å². The molecule has 2 N–H and O–H groups in total. The van der Waals surface area contributed by atoms with Crippen LogP contribution in [0.1, 0.15) is 40.9 Å². The summed E-state index contributed by atoms with van der Waals surface area (Å²) in [5, 5.41) is 5.47. The summed E-state index contributed by atoms with van der Waals surface area (Å²) in [6.45, 7) is 3.57. The lowest BCUT2D eigenvalue weighted by atomic mass is 10.3. The Morgan fingerprint density at radius 3 is 2.72 bits per heavy atom. The lowest BCUT2D eigenvalue weighted by molar-refractivity contribution is 0.0921. The fourth-order valence-corrected chi connectivity index (χ4v) is 3.75. The number of anilines is 1. The van der Waals surface area contributed by atoms with Crippen LogP contribution in [0.2, 0.25) is 0 Å². The molecule has 0 unspecified atom stereocenters. The van der Waals surface area contributed by atoms with E-state index in [0.29, 0.717) is 31.9 Å². The number of nitrogens with zero attached hydrogens (tertiary/aromatic N) is 3. The molecule has 0 atom stereocenters. The van der Waals surface area contributed by atoms with Gasteiger partial charge in [0.05, 0.1) is 18.8 Å². The zero-order chi connectivity index (χ0) is 25.3. The SMILES string of the molecule is CCCN(Cc1cccn1Cc1ccc(C(=O)NCc2cccnc2)o1)C(=O)Nc1ccccc1F. The lowest BCUT2D eigenvalue weighted by Gasteiger charge is -2.23. The van der Waals surface area contributed by atoms with Crippen molar-refractivity contribution in [3.8, 4) is 0 Å². The smallest absolute Gasteiger partial charge is 0.322 e. The first-order valence-corrected chi connectivity index (χ1v) is 11.7. The molecule has 186 valence electrons. The van der Waals surface area contributed by atoms with Gasteiger partial charge in [0.15, 0.2) is 5.76 Å². The molecule has 0 saturated carbocycles. The summed E-state index contributed by atoms with van der Waals surface area (Å²) in [5.41, 5.74) is 1.92. The standard InChI is InChI=1S/C27H28FN5O3/c1-2-14-33(27(35)31-24-10-4-3-9-23(24)28)18-21-8-6-15-32(21)19-22-11-12-25(36-22)26(34)30-17-20-7-5-13-29-16-20/h3-13,15-16H,2,14,17-19H2,1H3,(H,30,34)(H,31,35). The second-order valence-electron chi connectivity index (χ2n) is 8.27. The third-order valence-corrected chi connectivity index (χ3v) is 5.56. The molecule has 0 aliphatic heterocycles. The predicted octanol–water partition coefficient (Wildman–Crippen LogP) is 5.04. The summed E-state index contributed by atoms with van der Waals surface area (Å²) in [4.78, 5) is 31.0. The van der Waals surface area contributed by atoms with Crippen LogP contribution in [-0.2, 0) is 19.6 Å². The van der Waals surface area contributed by atoms with Crippen LogP contribution in [0.4, 0.5) is 14.9 Å². The quantitative estimate of drug-likeness (QED) is 0.327. The van der Waals surface area contributed by atoms with E-state index in [1.165, 1.54) is 12.1 Å². The van der Waals surface area contributed by atoms with Gasteiger partial charge in [0, 0.05) is 37.4 Å². The molecule has 4 rings (SSSR count). The van der Waals surface area contributed by atoms with Crippen LogP contribution in [0.5, 0.6) is 0 Å². The van der Waals surface area contributed by atoms with Gasteiger partial charge in [-0.1, -0.05) is 25.1 Å². The second-order valence-corrected chi connectivity index (χ2v) is 8.27. The Balaban J connectivity index is 1.38. The first-order chi connectivity index (χ1) is 17.5. The van der Waals surface area contributed by atoms with Crippen LogP contribution in [0.3, 0.4) is 0 Å². The van der Waals surface area contributed by atoms with Gasteiger partial charge in [-0.05, 0) is 54.4 Å². The fraction of sp³-hybridized carbons (Fsp3) is 0.222. The van der Waals surface area contributed by atoms with Gasteiger partial charge in [-0.25, -0.2) is 9.18 Å². The van der Waals surface area contributed by atoms with E-state index >= 15 is 0 Å². The highest BCUT2D eigenvalue weighted by Gasteiger charge is 2.17. The summed E-state index contributed by atoms with van der Waals surface area (Å²) in [6.07, 6.45) is 6.01. The Bertz CT molecular complexity index is 1300. The van der Waals surface area contributed by atoms with Crippen molar-refractivity contribution in [1.29, 1.82) is 0 Å². The molecule has 36 heavy (non-hydrogen) atoms. The normalized spacial score (nSPS) is 10.7. The van der Waals surface area contributed by atoms with Crippen molar-refractivity contribution in [2.75, 3.05) is 11.9 Å². The molecule has 8 nitrogen and oxygen atoms in total. The monoisotopic (exact) mass is 489 g/mol. The first kappa shape index (κ1) is 24.7. The van der Waals surface area contributed by atoms with E-state index in [2.05, 4.69) is 15.6 Å². The van der Waals surface area contributed by atoms with Crippen LogP contribution in [0.15, 0.2) is 83.7 Å². The highest BCUT2D eigenvalue weighted by molar-refractivity contribution is 5.91. The average molecular weight is 490 g/mol. The fourth-order valence-electron chi connectivity index (χ4n) is 3.75. The van der Waals surface area contributed by atoms with Gasteiger partial charge in [0.25, 0.3) is 5.91 Å². The number of furan rings is 1. The number of pyridine rings is 1. The zero-order valence-electron chi connectivity index (χ0n) is 20.0. The summed E-state index contributed by atoms with van der Waals surface area (Å²) >= 11 is 0. The number of aromatic nitrogens is 2. The number of urea groups is 1. The average Bonchev–Trinajstić information content (AvgIpc) is 3.54. The summed E-state index contributed by atoms with van der Waals surface area (Å²) < 4.78 is 21.7. The molecule has 9 heteroatoms. The van der Waals surface area contributed by atoms with Crippen LogP contribution in [0.25, 0.3) is 0 Å². The first-order valence-electron chi connectivity index (χ1n) is 11.7. The molecule has 0 spiro atoms. The number of carbonyl (C=O) groups is 2. The maximum absolute atomic E-state index is 14.0. The molecular formula is C27H28FN5O3. The molecule has 0 aliphatic carbocycles. The minimum atomic E-state index is -0.483. The summed E-state index contributed by atoms with van der Waals surface area (Å²) in [5.74, 6) is 0.0387. The molecular weight excluding hydrogens is 461 g/mol. The Kier molecular flexibility index (Phi) is 8.12. The van der Waals surface area contributed by atoms with Gasteiger partial charge in [-0.2, -0.15) is 0 Å². The number of halogens is 1. The van der Waals surface area contributed by atoms with E-state index in [1.54, 1.807) is 41.6 Å². The Morgan fingerprint density at radius 2 is 1.94 bits per heavy atom. The van der Waals surface area contributed by atoms with Crippen LogP contribution in [-0.4, -0.2) is 32.9 Å². The molecule has 3 aromatic heterocycles. The molecule has 1 aromatic carbocycles. The number of para-hydroxylation sites is 1. The number of amides is 3. The molecule has 0 radical (unpaired) electrons. The highest BCUT2D eigenvalue weighted by Crippen LogP contribution is 2.17. The maximum Gasteiger partial charge on any atom is 0.322 e. The number of nitrogens with one attached hydrogen (secondary N) is 2. The third-order valence-electron chi connectivity index (χ3n) is 5.56. The van der Waals surface area contributed by atoms with Gasteiger partial charge < -0.3 is 24.5 Å². The highest BCUT2D eigenvalue weighted by atomic mass is 19.1. The Hall–Kier alpha value is -4.40. The number of carbonyl (C=O) groups excluding carboxylic acids is 2. The number of hydrogen-bond acceptors (Lipinski definition) is 4. The molecule has 0 bridgehead atoms. The summed E-state index contributed by atoms with van der Waals surface area (Å²) in [7, 11) is 0. The van der Waals surface area contributed by atoms with Crippen LogP contribution in [0, 0.1) is 5.82 Å². The van der Waals surface area contributed by atoms with Crippen molar-refractivity contribution < 1.29 is 18.4 Å². The van der Waals surface area contributed by atoms with Crippen molar-refractivity contribution in [3.63, 3.8) is 0 Å². The molecule has 0 saturated heterocycles. The predicted molar refractivity (Wildman–Crippen MR) is 134 cm³/mol. The molecule has 3 amide bonds. The van der Waals surface area contributed by atoms with E-state index in [9.17, 15) is 14.0 Å². The van der Waals surface area contributed by atoms with Crippen molar-refractivity contribution in [2.24, 2.45) is 0 Å². The van der Waals surface area contributed by atoms with Crippen molar-refractivity contribution in [2.45, 2.75) is 33.0 Å². The number of benzene rings is 1. The second kappa shape index (κ2) is 11.8. The van der Waals surface area contributed by atoms with Gasteiger partial charge in [-0.3, -0.25) is 9.78 Å². The van der Waals surface area contributed by atoms with Crippen molar-refractivity contribution in [3.05, 3.63) is 108 Å². The third kappa shape index (κ3) is 6.38. The number of hydrogen-bond donors (Lipinski definition) is 2. The lowest BCUT2D eigenvalue weighted by Crippen LogP contribution is -2.36. The maximum atomic E-state index is 14.0. The van der Waals surface area contributed by atoms with Gasteiger partial charge in [-0.15, -0.1) is 0 Å². The van der Waals surface area contributed by atoms with Gasteiger partial charge in [0.2, 0.25) is 0 Å². The number of rotatable bonds is 10. The molecule has 3 heterocycles. The Morgan fingerprint density at radius 1 is 1.08 bits per heavy atom. The van der Waals surface area contributed by atoms with Gasteiger partial charge >= 0.3 is 6.03 Å². The van der Waals surface area contributed by atoms with Gasteiger partial charge in [0.1, 0.15) is 11.6 Å². The molecule has 0 aliphatic rings. The van der Waals surface area contributed by atoms with Crippen molar-refractivity contribution >= 4 is 17.6 Å². The van der Waals surface area contributed by atoms with E-state index in [0.717, 1.165) is 17.7 Å². The van der Waals surface area contributed by atoms with E-state index in [-0.39, 0.29) is 23.4 Å². The molecule has 4 aromatic rings. The van der Waals surface area contributed by atoms with E-state index in [4.69, 9.17) is 4.42 Å². The van der Waals surface area contributed by atoms with Crippen molar-refractivity contribution in [1.82, 2.24) is 19.8 Å². The van der Waals surface area contributed by atoms with Crippen LogP contribution >= 0.6 is 0 Å². The van der Waals surface area contributed by atoms with Crippen LogP contribution < -0.4 is 10.6 Å². The molecule has 0 fully saturated rings. The zero-order valence-corrected chi connectivity index (χ0v) is 20.0.